The zero-order valence-corrected chi connectivity index (χ0v) is 59.0. The van der Waals surface area contributed by atoms with Crippen LogP contribution < -0.4 is 9.47 Å². The molecule has 15 aromatic rings. The Balaban J connectivity index is 0.889. The first-order valence-electron chi connectivity index (χ1n) is 38.0. The zero-order valence-electron chi connectivity index (χ0n) is 59.0. The van der Waals surface area contributed by atoms with Crippen molar-refractivity contribution >= 4 is 129 Å². The highest BCUT2D eigenvalue weighted by Crippen LogP contribution is 2.61. The molecule has 0 aliphatic heterocycles. The van der Waals surface area contributed by atoms with E-state index in [1.165, 1.54) is 269 Å². The normalized spacial score (nSPS) is 12.9. The number of hydrogen-bond acceptors (Lipinski definition) is 6. The van der Waals surface area contributed by atoms with Crippen molar-refractivity contribution in [2.45, 2.75) is 167 Å². The number of alkyl halides is 6. The summed E-state index contributed by atoms with van der Waals surface area (Å²) in [7, 11) is 0. The summed E-state index contributed by atoms with van der Waals surface area (Å²) in [5, 5.41) is 31.4. The van der Waals surface area contributed by atoms with E-state index >= 15 is 0 Å². The van der Waals surface area contributed by atoms with Crippen molar-refractivity contribution < 1.29 is 54.8 Å². The van der Waals surface area contributed by atoms with E-state index in [1.807, 2.05) is 24.3 Å². The highest BCUT2D eigenvalue weighted by atomic mass is 19.4. The van der Waals surface area contributed by atoms with Crippen LogP contribution in [0.4, 0.5) is 26.3 Å². The Bertz CT molecular complexity index is 4920. The molecule has 0 saturated carbocycles. The number of ether oxygens (including phenoxy) is 6. The van der Waals surface area contributed by atoms with Crippen molar-refractivity contribution in [3.8, 4) is 33.8 Å². The molecule has 0 aliphatic rings. The molecule has 15 aromatic carbocycles. The number of aryl methyl sites for hydroxylation is 2. The highest BCUT2D eigenvalue weighted by Gasteiger charge is 2.33. The highest BCUT2D eigenvalue weighted by molar-refractivity contribution is 6.61. The van der Waals surface area contributed by atoms with Crippen LogP contribution in [0.25, 0.3) is 152 Å². The Hall–Kier alpha value is -8.00. The van der Waals surface area contributed by atoms with Crippen LogP contribution in [-0.2, 0) is 31.8 Å². The van der Waals surface area contributed by atoms with Crippen LogP contribution in [0.1, 0.15) is 153 Å². The van der Waals surface area contributed by atoms with Crippen molar-refractivity contribution in [3.05, 3.63) is 145 Å². The minimum absolute atomic E-state index is 0.0295. The molecule has 15 rings (SSSR count). The molecule has 0 heterocycles. The van der Waals surface area contributed by atoms with Crippen LogP contribution in [0, 0.1) is 0 Å². The number of rotatable bonds is 40. The predicted octanol–water partition coefficient (Wildman–Crippen LogP) is 26.4. The Labute approximate surface area is 592 Å². The number of benzene rings is 15. The monoisotopic (exact) mass is 1380 g/mol. The van der Waals surface area contributed by atoms with Gasteiger partial charge in [-0.3, -0.25) is 0 Å². The minimum atomic E-state index is -4.38. The van der Waals surface area contributed by atoms with E-state index in [4.69, 9.17) is 28.4 Å². The molecule has 0 spiro atoms. The van der Waals surface area contributed by atoms with E-state index in [0.717, 1.165) is 35.1 Å². The molecule has 0 saturated heterocycles. The van der Waals surface area contributed by atoms with E-state index < -0.39 is 25.6 Å². The molecular formula is C90H92F6O6. The minimum Gasteiger partial charge on any atom is -0.491 e. The standard InChI is InChI=1S/C90H92F6O6/c1-3-5-7-9-11-13-15-17-19-21-25-57-47-69-65-27-23-29-67-73-51-61(59-31-35-63(36-32-59)101-45-43-97-39-41-99-55-89(91,92)93)53-75-76-54-62(60-33-37-64(38-34-60)102-46-44-98-40-42-100-56-90(94,95)96)52-74-68-30-24-28-66-70-48-58(26-22-20-18-16-14-12-10-8-6-4-2)50-72-71(49-57)79(69)85-83(77(65)67)87(81(73)75)88(82(74)76)84(78(66)68)86(85)80(70)72/h23-24,27-38,47-54H,3-22,25-26,39-46,55-56H2,1-2H3. The summed E-state index contributed by atoms with van der Waals surface area (Å²) in [5.74, 6) is 1.31. The molecule has 0 aliphatic carbocycles. The van der Waals surface area contributed by atoms with Gasteiger partial charge >= 0.3 is 12.4 Å². The summed E-state index contributed by atoms with van der Waals surface area (Å²) >= 11 is 0. The van der Waals surface area contributed by atoms with E-state index in [0.29, 0.717) is 11.5 Å². The van der Waals surface area contributed by atoms with Gasteiger partial charge in [0.15, 0.2) is 0 Å². The first-order valence-corrected chi connectivity index (χ1v) is 38.0. The molecule has 6 nitrogen and oxygen atoms in total. The lowest BCUT2D eigenvalue weighted by Crippen LogP contribution is -2.19. The summed E-state index contributed by atoms with van der Waals surface area (Å²) in [4.78, 5) is 0. The molecule has 0 unspecified atom stereocenters. The first-order chi connectivity index (χ1) is 49.9. The Morgan fingerprint density at radius 1 is 0.245 bits per heavy atom. The van der Waals surface area contributed by atoms with Crippen molar-refractivity contribution in [1.29, 1.82) is 0 Å². The van der Waals surface area contributed by atoms with Gasteiger partial charge in [-0.25, -0.2) is 0 Å². The van der Waals surface area contributed by atoms with Crippen LogP contribution in [-0.4, -0.2) is 78.4 Å². The molecule has 530 valence electrons. The molecule has 0 bridgehead atoms. The zero-order chi connectivity index (χ0) is 69.9. The van der Waals surface area contributed by atoms with Gasteiger partial charge in [0.25, 0.3) is 0 Å². The fourth-order valence-corrected chi connectivity index (χ4v) is 17.3. The topological polar surface area (TPSA) is 55.4 Å². The quantitative estimate of drug-likeness (QED) is 0.0165. The fraction of sp³-hybridized carbons (Fsp3) is 0.400. The van der Waals surface area contributed by atoms with Gasteiger partial charge in [-0.15, -0.1) is 0 Å². The number of unbranched alkanes of at least 4 members (excludes halogenated alkanes) is 18. The summed E-state index contributed by atoms with van der Waals surface area (Å²) in [6, 6.07) is 50.6. The lowest BCUT2D eigenvalue weighted by molar-refractivity contribution is -0.177. The number of hydrogen-bond donors (Lipinski definition) is 0. The second-order valence-corrected chi connectivity index (χ2v) is 28.9. The van der Waals surface area contributed by atoms with Gasteiger partial charge in [-0.2, -0.15) is 26.3 Å². The number of fused-ring (bicyclic) bond motifs is 6. The maximum Gasteiger partial charge on any atom is 0.411 e. The third kappa shape index (κ3) is 14.2. The van der Waals surface area contributed by atoms with Crippen LogP contribution >= 0.6 is 0 Å². The van der Waals surface area contributed by atoms with E-state index in [-0.39, 0.29) is 52.9 Å². The van der Waals surface area contributed by atoms with Gasteiger partial charge in [0.2, 0.25) is 0 Å². The summed E-state index contributed by atoms with van der Waals surface area (Å²) in [6.45, 7) is 2.55. The largest absolute Gasteiger partial charge is 0.491 e. The molecule has 0 amide bonds. The van der Waals surface area contributed by atoms with Gasteiger partial charge in [0, 0.05) is 0 Å². The SMILES string of the molecule is CCCCCCCCCCCCc1cc2c3cccc4c5cc(-c6ccc(OCCOCCOCC(F)(F)F)cc6)cc6c7cc(-c8ccc(OCCOCCOCC(F)(F)F)cc8)cc8c9cccc%10c%11cc(CCCCCCCCCCCC)cc%12c(c1)c2c1c(c34)c(c56)c(c87)c(c%109)c1c%11%12. The van der Waals surface area contributed by atoms with Crippen molar-refractivity contribution in [3.63, 3.8) is 0 Å². The van der Waals surface area contributed by atoms with Gasteiger partial charge in [-0.05, 0) is 237 Å². The summed E-state index contributed by atoms with van der Waals surface area (Å²) in [5.41, 5.74) is 7.04. The van der Waals surface area contributed by atoms with E-state index in [2.05, 4.69) is 123 Å². The molecule has 102 heavy (non-hydrogen) atoms. The molecule has 0 N–H and O–H groups in total. The molecule has 0 atom stereocenters. The molecule has 12 heteroatoms. The first kappa shape index (κ1) is 69.7. The van der Waals surface area contributed by atoms with Crippen LogP contribution in [0.3, 0.4) is 0 Å². The summed E-state index contributed by atoms with van der Waals surface area (Å²) < 4.78 is 109. The number of halogens is 6. The third-order valence-electron chi connectivity index (χ3n) is 21.8. The van der Waals surface area contributed by atoms with Crippen LogP contribution in [0.2, 0.25) is 0 Å². The lowest BCUT2D eigenvalue weighted by atomic mass is 9.72. The Morgan fingerprint density at radius 2 is 0.500 bits per heavy atom. The second-order valence-electron chi connectivity index (χ2n) is 28.9. The van der Waals surface area contributed by atoms with Crippen molar-refractivity contribution in [2.24, 2.45) is 0 Å². The maximum absolute atomic E-state index is 12.6. The Morgan fingerprint density at radius 3 is 0.814 bits per heavy atom. The van der Waals surface area contributed by atoms with Crippen LogP contribution in [0.5, 0.6) is 11.5 Å². The average Bonchev–Trinajstić information content (AvgIpc) is 0.644. The average molecular weight is 1380 g/mol. The molecular weight excluding hydrogens is 1290 g/mol. The predicted molar refractivity (Wildman–Crippen MR) is 412 cm³/mol. The molecule has 0 radical (unpaired) electrons. The third-order valence-corrected chi connectivity index (χ3v) is 21.8. The van der Waals surface area contributed by atoms with E-state index in [1.54, 1.807) is 0 Å². The van der Waals surface area contributed by atoms with Crippen LogP contribution in [0.15, 0.2) is 133 Å². The Kier molecular flexibility index (Phi) is 21.0. The van der Waals surface area contributed by atoms with Crippen molar-refractivity contribution in [1.82, 2.24) is 0 Å². The molecule has 0 fully saturated rings. The van der Waals surface area contributed by atoms with E-state index in [9.17, 15) is 26.3 Å². The fourth-order valence-electron chi connectivity index (χ4n) is 17.3. The second kappa shape index (κ2) is 30.7. The smallest absolute Gasteiger partial charge is 0.411 e. The summed E-state index contributed by atoms with van der Waals surface area (Å²) in [6.07, 6.45) is 19.3. The molecule has 0 aromatic heterocycles. The van der Waals surface area contributed by atoms with Gasteiger partial charge in [0.05, 0.1) is 39.6 Å². The van der Waals surface area contributed by atoms with Gasteiger partial charge < -0.3 is 28.4 Å². The lowest BCUT2D eigenvalue weighted by Gasteiger charge is -2.30. The van der Waals surface area contributed by atoms with Crippen molar-refractivity contribution in [2.75, 3.05) is 66.1 Å². The van der Waals surface area contributed by atoms with Gasteiger partial charge in [-0.1, -0.05) is 214 Å². The maximum atomic E-state index is 12.6. The van der Waals surface area contributed by atoms with Gasteiger partial charge in [0.1, 0.15) is 37.9 Å².